The quantitative estimate of drug-likeness (QED) is 0.191. The van der Waals surface area contributed by atoms with E-state index in [0.29, 0.717) is 12.2 Å². The Kier molecular flexibility index (Phi) is 11.9. The third kappa shape index (κ3) is 9.35. The van der Waals surface area contributed by atoms with Crippen molar-refractivity contribution in [1.82, 2.24) is 14.8 Å². The topological polar surface area (TPSA) is 94.0 Å². The van der Waals surface area contributed by atoms with Crippen molar-refractivity contribution in [3.05, 3.63) is 111 Å². The lowest BCUT2D eigenvalue weighted by molar-refractivity contribution is -0.134. The van der Waals surface area contributed by atoms with Crippen molar-refractivity contribution in [2.45, 2.75) is 60.9 Å². The molecule has 0 spiro atoms. The summed E-state index contributed by atoms with van der Waals surface area (Å²) in [5.74, 6) is -2.51. The van der Waals surface area contributed by atoms with Crippen LogP contribution in [0.25, 0.3) is 22.0 Å². The van der Waals surface area contributed by atoms with Crippen LogP contribution in [0.4, 0.5) is 0 Å². The molecule has 0 saturated carbocycles. The first-order valence-corrected chi connectivity index (χ1v) is 16.0. The number of nitrogens with zero attached hydrogens (tertiary/aromatic N) is 3. The Bertz CT molecular complexity index is 1700. The molecule has 5 rings (SSSR count). The predicted molar refractivity (Wildman–Crippen MR) is 186 cm³/mol. The zero-order valence-corrected chi connectivity index (χ0v) is 28.1. The minimum Gasteiger partial charge on any atom is -0.478 e. The number of hydrogen-bond donors (Lipinski definition) is 2. The molecule has 2 N–H and O–H groups in total. The van der Waals surface area contributed by atoms with E-state index in [-0.39, 0.29) is 0 Å². The fraction of sp³-hybridized carbons (Fsp3) is 0.359. The van der Waals surface area contributed by atoms with Crippen molar-refractivity contribution in [3.63, 3.8) is 0 Å². The molecule has 0 atom stereocenters. The molecule has 242 valence electrons. The number of carboxylic acids is 2. The highest BCUT2D eigenvalue weighted by Crippen LogP contribution is 2.27. The fourth-order valence-corrected chi connectivity index (χ4v) is 6.06. The van der Waals surface area contributed by atoms with Crippen molar-refractivity contribution >= 4 is 22.7 Å². The van der Waals surface area contributed by atoms with Gasteiger partial charge in [0.25, 0.3) is 0 Å². The third-order valence-electron chi connectivity index (χ3n) is 9.27. The summed E-state index contributed by atoms with van der Waals surface area (Å²) in [5, 5.41) is 18.4. The molecule has 3 aromatic carbocycles. The molecule has 1 aliphatic heterocycles. The van der Waals surface area contributed by atoms with Crippen LogP contribution >= 0.6 is 0 Å². The van der Waals surface area contributed by atoms with Crippen LogP contribution in [0.3, 0.4) is 0 Å². The van der Waals surface area contributed by atoms with Crippen LogP contribution in [-0.2, 0) is 22.6 Å². The number of aromatic nitrogens is 1. The first-order valence-electron chi connectivity index (χ1n) is 16.0. The molecule has 1 saturated heterocycles. The van der Waals surface area contributed by atoms with Crippen molar-refractivity contribution in [2.75, 3.05) is 32.7 Å². The Balaban J connectivity index is 0.000000533. The number of pyridine rings is 1. The number of carbonyl (C=O) groups is 2. The van der Waals surface area contributed by atoms with Gasteiger partial charge in [-0.25, -0.2) is 9.59 Å². The average molecular weight is 622 g/mol. The fourth-order valence-electron chi connectivity index (χ4n) is 6.06. The number of piperazine rings is 1. The van der Waals surface area contributed by atoms with Crippen LogP contribution in [0.2, 0.25) is 0 Å². The van der Waals surface area contributed by atoms with Crippen LogP contribution in [0, 0.1) is 41.5 Å². The SMILES string of the molecule is Cc1cc(-c2cc(CN3CCN(CCCc4ccc5c(C)c(C)c(C)cc5c4)CC3)ccn2)cc(C)c1C.O=C(O)/C=C\C(=O)O. The van der Waals surface area contributed by atoms with Gasteiger partial charge in [-0.05, 0) is 140 Å². The molecular weight excluding hydrogens is 574 g/mol. The van der Waals surface area contributed by atoms with Crippen molar-refractivity contribution in [2.24, 2.45) is 0 Å². The highest BCUT2D eigenvalue weighted by Gasteiger charge is 2.17. The van der Waals surface area contributed by atoms with Crippen LogP contribution in [0.5, 0.6) is 0 Å². The van der Waals surface area contributed by atoms with E-state index in [4.69, 9.17) is 10.2 Å². The minimum atomic E-state index is -1.26. The van der Waals surface area contributed by atoms with E-state index in [9.17, 15) is 9.59 Å². The van der Waals surface area contributed by atoms with E-state index in [2.05, 4.69) is 105 Å². The number of aryl methyl sites for hydroxylation is 5. The van der Waals surface area contributed by atoms with E-state index in [0.717, 1.165) is 44.8 Å². The Labute approximate surface area is 273 Å². The maximum Gasteiger partial charge on any atom is 0.328 e. The van der Waals surface area contributed by atoms with E-state index in [1.807, 2.05) is 6.20 Å². The van der Waals surface area contributed by atoms with Gasteiger partial charge in [0.2, 0.25) is 0 Å². The van der Waals surface area contributed by atoms with Crippen LogP contribution in [0.15, 0.2) is 66.9 Å². The lowest BCUT2D eigenvalue weighted by atomic mass is 9.94. The molecule has 7 nitrogen and oxygen atoms in total. The van der Waals surface area contributed by atoms with Gasteiger partial charge in [-0.3, -0.25) is 9.88 Å². The number of hydrogen-bond acceptors (Lipinski definition) is 5. The summed E-state index contributed by atoms with van der Waals surface area (Å²) in [7, 11) is 0. The maximum absolute atomic E-state index is 9.55. The molecule has 4 aromatic rings. The summed E-state index contributed by atoms with van der Waals surface area (Å²) in [4.78, 5) is 29.0. The van der Waals surface area contributed by atoms with Gasteiger partial charge in [-0.1, -0.05) is 24.3 Å². The molecule has 46 heavy (non-hydrogen) atoms. The zero-order valence-electron chi connectivity index (χ0n) is 28.1. The largest absolute Gasteiger partial charge is 0.478 e. The number of benzene rings is 3. The van der Waals surface area contributed by atoms with Crippen LogP contribution < -0.4 is 0 Å². The first kappa shape index (κ1) is 34.5. The van der Waals surface area contributed by atoms with Gasteiger partial charge in [-0.15, -0.1) is 0 Å². The molecule has 0 amide bonds. The number of carboxylic acid groups (broad SMARTS) is 2. The zero-order chi connectivity index (χ0) is 33.4. The molecule has 0 bridgehead atoms. The summed E-state index contributed by atoms with van der Waals surface area (Å²) in [5.41, 5.74) is 13.4. The molecule has 0 aliphatic carbocycles. The van der Waals surface area contributed by atoms with E-state index < -0.39 is 11.9 Å². The highest BCUT2D eigenvalue weighted by atomic mass is 16.4. The molecular formula is C39H47N3O4. The van der Waals surface area contributed by atoms with Gasteiger partial charge >= 0.3 is 11.9 Å². The summed E-state index contributed by atoms with van der Waals surface area (Å²) in [6, 6.07) is 18.4. The molecule has 0 unspecified atom stereocenters. The maximum atomic E-state index is 9.55. The molecule has 1 aromatic heterocycles. The summed E-state index contributed by atoms with van der Waals surface area (Å²) in [6.07, 6.45) is 5.46. The average Bonchev–Trinajstić information content (AvgIpc) is 3.02. The lowest BCUT2D eigenvalue weighted by Gasteiger charge is -2.34. The van der Waals surface area contributed by atoms with Gasteiger partial charge in [0.15, 0.2) is 0 Å². The second-order valence-electron chi connectivity index (χ2n) is 12.5. The number of rotatable bonds is 9. The summed E-state index contributed by atoms with van der Waals surface area (Å²) in [6.45, 7) is 20.1. The van der Waals surface area contributed by atoms with Gasteiger partial charge < -0.3 is 15.1 Å². The third-order valence-corrected chi connectivity index (χ3v) is 9.27. The lowest BCUT2D eigenvalue weighted by Crippen LogP contribution is -2.46. The van der Waals surface area contributed by atoms with Crippen LogP contribution in [0.1, 0.15) is 50.9 Å². The highest BCUT2D eigenvalue weighted by molar-refractivity contribution is 5.89. The van der Waals surface area contributed by atoms with Crippen molar-refractivity contribution in [1.29, 1.82) is 0 Å². The van der Waals surface area contributed by atoms with Crippen LogP contribution in [-0.4, -0.2) is 69.7 Å². The molecule has 1 fully saturated rings. The number of aliphatic carboxylic acids is 2. The first-order chi connectivity index (χ1) is 21.9. The molecule has 1 aliphatic rings. The molecule has 0 radical (unpaired) electrons. The predicted octanol–water partition coefficient (Wildman–Crippen LogP) is 7.21. The standard InChI is InChI=1S/C35H43N3.C4H4O4/c1-24-19-33(20-25(2)27(24)4)35-22-31(11-12-36-35)23-38-16-14-37(15-17-38)13-7-8-30-9-10-34-29(6)28(5)26(3)18-32(34)21-30;5-3(6)1-2-4(7)8/h9-12,18-22H,7-8,13-17,23H2,1-6H3;1-2H,(H,5,6)(H,7,8)/b;2-1-. The Morgan fingerprint density at radius 1 is 0.717 bits per heavy atom. The normalized spacial score (nSPS) is 14.0. The van der Waals surface area contributed by atoms with E-state index in [1.165, 1.54) is 73.8 Å². The molecule has 2 heterocycles. The van der Waals surface area contributed by atoms with Gasteiger partial charge in [-0.2, -0.15) is 0 Å². The van der Waals surface area contributed by atoms with Crippen molar-refractivity contribution < 1.29 is 19.8 Å². The summed E-state index contributed by atoms with van der Waals surface area (Å²) >= 11 is 0. The van der Waals surface area contributed by atoms with E-state index >= 15 is 0 Å². The Morgan fingerprint density at radius 3 is 1.96 bits per heavy atom. The monoisotopic (exact) mass is 621 g/mol. The van der Waals surface area contributed by atoms with Gasteiger partial charge in [0.1, 0.15) is 0 Å². The second kappa shape index (κ2) is 15.8. The Morgan fingerprint density at radius 2 is 1.33 bits per heavy atom. The minimum absolute atomic E-state index is 0.558. The second-order valence-corrected chi connectivity index (χ2v) is 12.5. The molecule has 7 heteroatoms. The Hall–Kier alpha value is -4.33. The van der Waals surface area contributed by atoms with Gasteiger partial charge in [0.05, 0.1) is 5.69 Å². The number of fused-ring (bicyclic) bond motifs is 1. The van der Waals surface area contributed by atoms with Gasteiger partial charge in [0, 0.05) is 56.6 Å². The van der Waals surface area contributed by atoms with E-state index in [1.54, 1.807) is 0 Å². The summed E-state index contributed by atoms with van der Waals surface area (Å²) < 4.78 is 0. The van der Waals surface area contributed by atoms with Crippen molar-refractivity contribution in [3.8, 4) is 11.3 Å². The smallest absolute Gasteiger partial charge is 0.328 e.